The number of ether oxygens (including phenoxy) is 2. The van der Waals surface area contributed by atoms with Crippen molar-refractivity contribution in [2.24, 2.45) is 5.92 Å². The van der Waals surface area contributed by atoms with Crippen molar-refractivity contribution in [2.45, 2.75) is 101 Å². The molecule has 0 aromatic heterocycles. The van der Waals surface area contributed by atoms with Gasteiger partial charge in [-0.15, -0.1) is 0 Å². The van der Waals surface area contributed by atoms with E-state index in [4.69, 9.17) is 9.47 Å². The zero-order chi connectivity index (χ0) is 25.1. The first kappa shape index (κ1) is 25.1. The summed E-state index contributed by atoms with van der Waals surface area (Å²) in [6, 6.07) is 5.46. The molecule has 36 heavy (non-hydrogen) atoms. The van der Waals surface area contributed by atoms with Crippen LogP contribution < -0.4 is 15.4 Å². The number of likely N-dealkylation sites (N-methyl/N-ethyl adjacent to an activating group) is 1. The molecule has 5 rings (SSSR count). The topological polar surface area (TPSA) is 97.0 Å². The Morgan fingerprint density at radius 2 is 1.75 bits per heavy atom. The number of anilines is 1. The van der Waals surface area contributed by atoms with Crippen LogP contribution in [-0.4, -0.2) is 60.6 Å². The summed E-state index contributed by atoms with van der Waals surface area (Å²) >= 11 is 0. The molecule has 8 heteroatoms. The quantitative estimate of drug-likeness (QED) is 0.640. The first-order chi connectivity index (χ1) is 17.5. The third-order valence-electron chi connectivity index (χ3n) is 8.39. The highest BCUT2D eigenvalue weighted by Gasteiger charge is 2.39. The van der Waals surface area contributed by atoms with E-state index < -0.39 is 0 Å². The molecule has 0 bridgehead atoms. The van der Waals surface area contributed by atoms with E-state index in [0.29, 0.717) is 36.1 Å². The standard InChI is InChI=1S/C28H39N3O5/c1-31-23-13-12-21(16-26(32)29-19-9-5-6-10-19)36-25(23)17-35-24-14-11-20(15-22(24)28(31)34)30-27(33)18-7-3-2-4-8-18/h11,14-15,18-19,21,23,25H,2-10,12-13,16-17H2,1H3,(H,29,32)(H,30,33)/t21-,23+,25-/m1/s1. The van der Waals surface area contributed by atoms with Crippen LogP contribution in [0.3, 0.4) is 0 Å². The van der Waals surface area contributed by atoms with E-state index in [-0.39, 0.29) is 41.9 Å². The number of benzene rings is 1. The lowest BCUT2D eigenvalue weighted by molar-refractivity contribution is -0.134. The van der Waals surface area contributed by atoms with Crippen LogP contribution in [0.25, 0.3) is 0 Å². The number of hydrogen-bond donors (Lipinski definition) is 2. The lowest BCUT2D eigenvalue weighted by atomic mass is 9.88. The van der Waals surface area contributed by atoms with Gasteiger partial charge in [0.1, 0.15) is 18.5 Å². The molecule has 1 aromatic carbocycles. The summed E-state index contributed by atoms with van der Waals surface area (Å²) in [7, 11) is 1.80. The number of hydrogen-bond acceptors (Lipinski definition) is 5. The minimum atomic E-state index is -0.296. The van der Waals surface area contributed by atoms with E-state index in [2.05, 4.69) is 10.6 Å². The third kappa shape index (κ3) is 5.69. The Morgan fingerprint density at radius 3 is 2.53 bits per heavy atom. The van der Waals surface area contributed by atoms with Gasteiger partial charge < -0.3 is 25.0 Å². The average molecular weight is 498 g/mol. The zero-order valence-electron chi connectivity index (χ0n) is 21.3. The molecule has 0 spiro atoms. The van der Waals surface area contributed by atoms with Gasteiger partial charge in [-0.1, -0.05) is 32.1 Å². The van der Waals surface area contributed by atoms with Crippen molar-refractivity contribution in [3.05, 3.63) is 23.8 Å². The Morgan fingerprint density at radius 1 is 1.00 bits per heavy atom. The summed E-state index contributed by atoms with van der Waals surface area (Å²) in [5.41, 5.74) is 1.08. The van der Waals surface area contributed by atoms with Crippen LogP contribution in [-0.2, 0) is 14.3 Å². The molecule has 4 aliphatic rings. The summed E-state index contributed by atoms with van der Waals surface area (Å²) in [5.74, 6) is 0.476. The maximum atomic E-state index is 13.5. The van der Waals surface area contributed by atoms with Crippen molar-refractivity contribution in [1.82, 2.24) is 10.2 Å². The van der Waals surface area contributed by atoms with E-state index >= 15 is 0 Å². The summed E-state index contributed by atoms with van der Waals surface area (Å²) in [4.78, 5) is 40.4. The molecule has 3 amide bonds. The summed E-state index contributed by atoms with van der Waals surface area (Å²) in [5, 5.41) is 6.16. The predicted molar refractivity (Wildman–Crippen MR) is 136 cm³/mol. The minimum absolute atomic E-state index is 0.0333. The lowest BCUT2D eigenvalue weighted by Gasteiger charge is -2.42. The van der Waals surface area contributed by atoms with Crippen LogP contribution in [0.1, 0.15) is 87.4 Å². The fraction of sp³-hybridized carbons (Fsp3) is 0.679. The number of nitrogens with one attached hydrogen (secondary N) is 2. The van der Waals surface area contributed by atoms with Crippen molar-refractivity contribution in [3.8, 4) is 5.75 Å². The maximum absolute atomic E-state index is 13.5. The van der Waals surface area contributed by atoms with Crippen LogP contribution in [0.4, 0.5) is 5.69 Å². The molecule has 3 fully saturated rings. The largest absolute Gasteiger partial charge is 0.490 e. The molecule has 2 aliphatic carbocycles. The molecular formula is C28H39N3O5. The zero-order valence-corrected chi connectivity index (χ0v) is 21.3. The fourth-order valence-electron chi connectivity index (χ4n) is 6.28. The number of carbonyl (C=O) groups is 3. The molecule has 2 N–H and O–H groups in total. The van der Waals surface area contributed by atoms with Crippen LogP contribution in [0.5, 0.6) is 5.75 Å². The average Bonchev–Trinajstić information content (AvgIpc) is 3.40. The van der Waals surface area contributed by atoms with Crippen molar-refractivity contribution < 1.29 is 23.9 Å². The third-order valence-corrected chi connectivity index (χ3v) is 8.39. The molecule has 196 valence electrons. The lowest BCUT2D eigenvalue weighted by Crippen LogP contribution is -2.54. The van der Waals surface area contributed by atoms with E-state index in [1.807, 2.05) is 0 Å². The number of carbonyl (C=O) groups excluding carboxylic acids is 3. The SMILES string of the molecule is CN1C(=O)c2cc(NC(=O)C3CCCCC3)ccc2OC[C@H]2O[C@@H](CC(=O)NC3CCCC3)CC[C@@H]21. The van der Waals surface area contributed by atoms with Crippen molar-refractivity contribution in [2.75, 3.05) is 19.0 Å². The number of fused-ring (bicyclic) bond motifs is 2. The minimum Gasteiger partial charge on any atom is -0.490 e. The Kier molecular flexibility index (Phi) is 7.79. The summed E-state index contributed by atoms with van der Waals surface area (Å²) in [6.07, 6.45) is 11.1. The Balaban J connectivity index is 1.22. The van der Waals surface area contributed by atoms with Gasteiger partial charge in [0.2, 0.25) is 11.8 Å². The normalized spacial score (nSPS) is 27.3. The Labute approximate surface area is 213 Å². The molecule has 2 saturated carbocycles. The van der Waals surface area contributed by atoms with E-state index in [9.17, 15) is 14.4 Å². The highest BCUT2D eigenvalue weighted by atomic mass is 16.5. The van der Waals surface area contributed by atoms with Gasteiger partial charge in [-0.2, -0.15) is 0 Å². The monoisotopic (exact) mass is 497 g/mol. The van der Waals surface area contributed by atoms with Crippen LogP contribution in [0.15, 0.2) is 18.2 Å². The van der Waals surface area contributed by atoms with Crippen LogP contribution >= 0.6 is 0 Å². The summed E-state index contributed by atoms with van der Waals surface area (Å²) < 4.78 is 12.4. The summed E-state index contributed by atoms with van der Waals surface area (Å²) in [6.45, 7) is 0.309. The Hall–Kier alpha value is -2.61. The van der Waals surface area contributed by atoms with Gasteiger partial charge in [0.25, 0.3) is 5.91 Å². The molecule has 1 saturated heterocycles. The predicted octanol–water partition coefficient (Wildman–Crippen LogP) is 4.03. The maximum Gasteiger partial charge on any atom is 0.257 e. The van der Waals surface area contributed by atoms with Gasteiger partial charge in [0.15, 0.2) is 0 Å². The van der Waals surface area contributed by atoms with E-state index in [1.54, 1.807) is 30.1 Å². The second-order valence-corrected chi connectivity index (χ2v) is 11.0. The second-order valence-electron chi connectivity index (χ2n) is 11.0. The molecule has 0 unspecified atom stereocenters. The van der Waals surface area contributed by atoms with Gasteiger partial charge in [0.05, 0.1) is 24.1 Å². The second kappa shape index (κ2) is 11.2. The van der Waals surface area contributed by atoms with Crippen LogP contribution in [0.2, 0.25) is 0 Å². The molecule has 2 aliphatic heterocycles. The van der Waals surface area contributed by atoms with Gasteiger partial charge in [-0.25, -0.2) is 0 Å². The first-order valence-electron chi connectivity index (χ1n) is 13.8. The molecule has 1 aromatic rings. The van der Waals surface area contributed by atoms with Gasteiger partial charge in [-0.3, -0.25) is 14.4 Å². The van der Waals surface area contributed by atoms with Crippen LogP contribution in [0, 0.1) is 5.92 Å². The number of nitrogens with zero attached hydrogens (tertiary/aromatic N) is 1. The van der Waals surface area contributed by atoms with Gasteiger partial charge >= 0.3 is 0 Å². The number of amides is 3. The molecule has 3 atom stereocenters. The van der Waals surface area contributed by atoms with Gasteiger partial charge in [-0.05, 0) is 56.7 Å². The Bertz CT molecular complexity index is 970. The van der Waals surface area contributed by atoms with E-state index in [1.165, 1.54) is 19.3 Å². The van der Waals surface area contributed by atoms with Gasteiger partial charge in [0, 0.05) is 24.7 Å². The first-order valence-corrected chi connectivity index (χ1v) is 13.8. The smallest absolute Gasteiger partial charge is 0.257 e. The van der Waals surface area contributed by atoms with E-state index in [0.717, 1.165) is 51.4 Å². The number of rotatable bonds is 5. The highest BCUT2D eigenvalue weighted by Crippen LogP contribution is 2.33. The van der Waals surface area contributed by atoms with Crippen molar-refractivity contribution in [1.29, 1.82) is 0 Å². The van der Waals surface area contributed by atoms with Crippen molar-refractivity contribution in [3.63, 3.8) is 0 Å². The molecule has 8 nitrogen and oxygen atoms in total. The molecule has 2 heterocycles. The highest BCUT2D eigenvalue weighted by molar-refractivity contribution is 6.00. The molecular weight excluding hydrogens is 458 g/mol. The van der Waals surface area contributed by atoms with Crippen molar-refractivity contribution >= 4 is 23.4 Å². The molecule has 0 radical (unpaired) electrons. The fourth-order valence-corrected chi connectivity index (χ4v) is 6.28.